The highest BCUT2D eigenvalue weighted by Crippen LogP contribution is 2.28. The van der Waals surface area contributed by atoms with Crippen LogP contribution in [0, 0.1) is 11.8 Å². The molecule has 2 aromatic rings. The molecule has 0 radical (unpaired) electrons. The zero-order valence-electron chi connectivity index (χ0n) is 20.0. The van der Waals surface area contributed by atoms with Crippen LogP contribution in [0.5, 0.6) is 0 Å². The molecule has 2 N–H and O–H groups in total. The van der Waals surface area contributed by atoms with Gasteiger partial charge in [-0.15, -0.1) is 0 Å². The topological polar surface area (TPSA) is 92.3 Å². The third-order valence-corrected chi connectivity index (χ3v) is 10.5. The first-order valence-corrected chi connectivity index (χ1v) is 15.4. The van der Waals surface area contributed by atoms with Crippen LogP contribution < -0.4 is 9.44 Å². The average Bonchev–Trinajstić information content (AvgIpc) is 2.82. The number of rotatable bonds is 7. The van der Waals surface area contributed by atoms with Gasteiger partial charge in [0.25, 0.3) is 0 Å². The lowest BCUT2D eigenvalue weighted by atomic mass is 9.87. The van der Waals surface area contributed by atoms with Gasteiger partial charge in [-0.2, -0.15) is 0 Å². The summed E-state index contributed by atoms with van der Waals surface area (Å²) < 4.78 is 57.2. The lowest BCUT2D eigenvalue weighted by molar-refractivity contribution is 0.310. The van der Waals surface area contributed by atoms with Crippen molar-refractivity contribution in [2.24, 2.45) is 11.8 Å². The van der Waals surface area contributed by atoms with Crippen molar-refractivity contribution in [1.29, 1.82) is 0 Å². The van der Waals surface area contributed by atoms with Gasteiger partial charge in [-0.05, 0) is 72.9 Å². The summed E-state index contributed by atoms with van der Waals surface area (Å²) in [5, 5.41) is 0. The number of benzene rings is 2. The van der Waals surface area contributed by atoms with Gasteiger partial charge in [0.2, 0.25) is 20.0 Å². The van der Waals surface area contributed by atoms with Crippen molar-refractivity contribution >= 4 is 20.0 Å². The molecule has 0 amide bonds. The van der Waals surface area contributed by atoms with E-state index in [-0.39, 0.29) is 21.9 Å². The Morgan fingerprint density at radius 2 is 0.882 bits per heavy atom. The van der Waals surface area contributed by atoms with Gasteiger partial charge in [-0.25, -0.2) is 26.3 Å². The van der Waals surface area contributed by atoms with Crippen LogP contribution in [0.4, 0.5) is 0 Å². The van der Waals surface area contributed by atoms with E-state index in [1.54, 1.807) is 48.5 Å². The second-order valence-corrected chi connectivity index (χ2v) is 13.5. The lowest BCUT2D eigenvalue weighted by Gasteiger charge is -2.29. The Hall–Kier alpha value is -1.74. The van der Waals surface area contributed by atoms with Gasteiger partial charge in [0.15, 0.2) is 0 Å². The quantitative estimate of drug-likeness (QED) is 0.551. The molecular formula is C26H36N2O4S2. The largest absolute Gasteiger partial charge is 0.240 e. The Labute approximate surface area is 204 Å². The summed E-state index contributed by atoms with van der Waals surface area (Å²) in [6, 6.07) is 13.5. The molecule has 0 heterocycles. The Kier molecular flexibility index (Phi) is 7.82. The maximum atomic E-state index is 12.9. The highest BCUT2D eigenvalue weighted by molar-refractivity contribution is 7.89. The van der Waals surface area contributed by atoms with Crippen molar-refractivity contribution in [3.63, 3.8) is 0 Å². The Balaban J connectivity index is 1.44. The van der Waals surface area contributed by atoms with Crippen molar-refractivity contribution in [1.82, 2.24) is 9.44 Å². The summed E-state index contributed by atoms with van der Waals surface area (Å²) in [5.41, 5.74) is 1.67. The standard InChI is InChI=1S/C26H36N2O4S2/c1-19-7-3-5-9-25(19)27-33(29,30)23-15-11-21(12-16-23)22-13-17-24(18-14-22)34(31,32)28-26-10-6-4-8-20(26)2/h11-20,25-28H,3-10H2,1-2H3/t19-,20+,25+,26-. The van der Waals surface area contributed by atoms with Gasteiger partial charge in [-0.3, -0.25) is 0 Å². The van der Waals surface area contributed by atoms with E-state index < -0.39 is 20.0 Å². The van der Waals surface area contributed by atoms with Crippen LogP contribution in [0.3, 0.4) is 0 Å². The maximum Gasteiger partial charge on any atom is 0.240 e. The molecule has 34 heavy (non-hydrogen) atoms. The Bertz CT molecular complexity index is 1080. The van der Waals surface area contributed by atoms with Gasteiger partial charge < -0.3 is 0 Å². The third kappa shape index (κ3) is 5.90. The van der Waals surface area contributed by atoms with Crippen LogP contribution in [-0.2, 0) is 20.0 Å². The van der Waals surface area contributed by atoms with Crippen molar-refractivity contribution in [2.45, 2.75) is 87.1 Å². The fourth-order valence-electron chi connectivity index (χ4n) is 5.17. The summed E-state index contributed by atoms with van der Waals surface area (Å²) in [6.07, 6.45) is 8.27. The molecule has 2 fully saturated rings. The second-order valence-electron chi connectivity index (χ2n) is 10.0. The fourth-order valence-corrected chi connectivity index (χ4v) is 7.93. The van der Waals surface area contributed by atoms with E-state index in [0.29, 0.717) is 11.8 Å². The normalized spacial score (nSPS) is 26.3. The van der Waals surface area contributed by atoms with Gasteiger partial charge in [0.1, 0.15) is 0 Å². The molecule has 0 aromatic heterocycles. The summed E-state index contributed by atoms with van der Waals surface area (Å²) in [4.78, 5) is 0.498. The highest BCUT2D eigenvalue weighted by Gasteiger charge is 2.28. The number of hydrogen-bond acceptors (Lipinski definition) is 4. The van der Waals surface area contributed by atoms with E-state index in [4.69, 9.17) is 0 Å². The van der Waals surface area contributed by atoms with E-state index in [1.165, 1.54) is 0 Å². The Morgan fingerprint density at radius 1 is 0.559 bits per heavy atom. The fraction of sp³-hybridized carbons (Fsp3) is 0.538. The average molecular weight is 505 g/mol. The van der Waals surface area contributed by atoms with Crippen molar-refractivity contribution in [2.75, 3.05) is 0 Å². The number of nitrogens with one attached hydrogen (secondary N) is 2. The number of hydrogen-bond donors (Lipinski definition) is 2. The minimum atomic E-state index is -3.57. The van der Waals surface area contributed by atoms with Crippen LogP contribution in [0.2, 0.25) is 0 Å². The van der Waals surface area contributed by atoms with Gasteiger partial charge in [0.05, 0.1) is 9.79 Å². The first kappa shape index (κ1) is 25.4. The molecule has 8 heteroatoms. The van der Waals surface area contributed by atoms with E-state index in [9.17, 15) is 16.8 Å². The van der Waals surface area contributed by atoms with Crippen molar-refractivity contribution < 1.29 is 16.8 Å². The van der Waals surface area contributed by atoms with Crippen LogP contribution in [0.15, 0.2) is 58.3 Å². The van der Waals surface area contributed by atoms with Crippen LogP contribution >= 0.6 is 0 Å². The molecule has 4 atom stereocenters. The second kappa shape index (κ2) is 10.5. The Morgan fingerprint density at radius 3 is 1.21 bits per heavy atom. The first-order chi connectivity index (χ1) is 16.2. The molecule has 2 aliphatic carbocycles. The molecule has 4 rings (SSSR count). The van der Waals surface area contributed by atoms with Crippen LogP contribution in [-0.4, -0.2) is 28.9 Å². The predicted octanol–water partition coefficient (Wildman–Crippen LogP) is 5.07. The predicted molar refractivity (Wildman–Crippen MR) is 135 cm³/mol. The summed E-state index contributed by atoms with van der Waals surface area (Å²) in [6.45, 7) is 4.20. The van der Waals surface area contributed by atoms with E-state index in [2.05, 4.69) is 23.3 Å². The van der Waals surface area contributed by atoms with Crippen molar-refractivity contribution in [3.8, 4) is 11.1 Å². The molecule has 0 spiro atoms. The number of sulfonamides is 2. The highest BCUT2D eigenvalue weighted by atomic mass is 32.2. The van der Waals surface area contributed by atoms with E-state index >= 15 is 0 Å². The van der Waals surface area contributed by atoms with E-state index in [0.717, 1.165) is 62.5 Å². The minimum Gasteiger partial charge on any atom is -0.208 e. The first-order valence-electron chi connectivity index (χ1n) is 12.4. The lowest BCUT2D eigenvalue weighted by Crippen LogP contribution is -2.40. The van der Waals surface area contributed by atoms with Gasteiger partial charge >= 0.3 is 0 Å². The van der Waals surface area contributed by atoms with Gasteiger partial charge in [-0.1, -0.05) is 63.8 Å². The summed E-state index contributed by atoms with van der Waals surface area (Å²) in [7, 11) is -7.15. The molecule has 2 aromatic carbocycles. The van der Waals surface area contributed by atoms with Crippen LogP contribution in [0.25, 0.3) is 11.1 Å². The van der Waals surface area contributed by atoms with Crippen LogP contribution in [0.1, 0.15) is 65.2 Å². The zero-order valence-corrected chi connectivity index (χ0v) is 21.7. The zero-order chi connectivity index (χ0) is 24.3. The molecule has 0 saturated heterocycles. The molecule has 2 aliphatic rings. The molecule has 2 saturated carbocycles. The van der Waals surface area contributed by atoms with E-state index in [1.807, 2.05) is 0 Å². The molecule has 0 bridgehead atoms. The minimum absolute atomic E-state index is 0.0156. The summed E-state index contributed by atoms with van der Waals surface area (Å²) >= 11 is 0. The SMILES string of the molecule is C[C@@H]1CCCC[C@@H]1NS(=O)(=O)c1ccc(-c2ccc(S(=O)(=O)N[C@@H]3CCCC[C@@H]3C)cc2)cc1. The monoisotopic (exact) mass is 504 g/mol. The van der Waals surface area contributed by atoms with Crippen molar-refractivity contribution in [3.05, 3.63) is 48.5 Å². The maximum absolute atomic E-state index is 12.9. The molecule has 186 valence electrons. The molecule has 0 aliphatic heterocycles. The summed E-state index contributed by atoms with van der Waals surface area (Å²) in [5.74, 6) is 0.682. The molecule has 0 unspecified atom stereocenters. The molecule has 6 nitrogen and oxygen atoms in total. The van der Waals surface area contributed by atoms with Gasteiger partial charge in [0, 0.05) is 12.1 Å². The third-order valence-electron chi connectivity index (χ3n) is 7.50. The molecular weight excluding hydrogens is 468 g/mol. The smallest absolute Gasteiger partial charge is 0.208 e.